The van der Waals surface area contributed by atoms with Gasteiger partial charge in [0.2, 0.25) is 10.0 Å². The highest BCUT2D eigenvalue weighted by atomic mass is 32.2. The molecule has 0 aliphatic rings. The number of carbonyl (C=O) groups excluding carboxylic acids is 2. The van der Waals surface area contributed by atoms with Gasteiger partial charge in [-0.25, -0.2) is 13.2 Å². The molecule has 0 saturated heterocycles. The fraction of sp³-hybridized carbons (Fsp3) is 0.259. The topological polar surface area (TPSA) is 96.0 Å². The maximum Gasteiger partial charge on any atom is 0.414 e. The minimum Gasteiger partial charge on any atom is -0.443 e. The fourth-order valence-electron chi connectivity index (χ4n) is 3.37. The molecule has 3 rings (SSSR count). The average Bonchev–Trinajstić information content (AvgIpc) is 2.82. The van der Waals surface area contributed by atoms with Crippen molar-refractivity contribution < 1.29 is 22.7 Å². The molecule has 0 bridgehead atoms. The van der Waals surface area contributed by atoms with E-state index in [4.69, 9.17) is 4.74 Å². The van der Waals surface area contributed by atoms with Crippen molar-refractivity contribution in [3.8, 4) is 11.1 Å². The Morgan fingerprint density at radius 2 is 1.44 bits per heavy atom. The van der Waals surface area contributed by atoms with E-state index in [2.05, 4.69) is 5.32 Å². The monoisotopic (exact) mass is 509 g/mol. The van der Waals surface area contributed by atoms with Crippen LogP contribution in [-0.4, -0.2) is 46.4 Å². The molecule has 0 saturated carbocycles. The summed E-state index contributed by atoms with van der Waals surface area (Å²) in [6.45, 7) is 5.42. The fourth-order valence-corrected chi connectivity index (χ4v) is 3.88. The number of rotatable bonds is 6. The summed E-state index contributed by atoms with van der Waals surface area (Å²) in [6.07, 6.45) is 0.637. The van der Waals surface area contributed by atoms with E-state index in [1.165, 1.54) is 11.9 Å². The molecule has 3 aromatic carbocycles. The molecule has 0 radical (unpaired) electrons. The first-order valence-electron chi connectivity index (χ1n) is 11.3. The van der Waals surface area contributed by atoms with Gasteiger partial charge in [-0.1, -0.05) is 36.4 Å². The van der Waals surface area contributed by atoms with E-state index < -0.39 is 21.7 Å². The summed E-state index contributed by atoms with van der Waals surface area (Å²) in [6, 6.07) is 21.1. The molecule has 0 atom stereocenters. The first-order valence-corrected chi connectivity index (χ1v) is 13.1. The number of nitrogens with zero attached hydrogens (tertiary/aromatic N) is 2. The van der Waals surface area contributed by atoms with E-state index in [9.17, 15) is 18.0 Å². The van der Waals surface area contributed by atoms with Crippen LogP contribution in [-0.2, 0) is 14.8 Å². The van der Waals surface area contributed by atoms with Crippen molar-refractivity contribution >= 4 is 39.1 Å². The predicted molar refractivity (Wildman–Crippen MR) is 144 cm³/mol. The lowest BCUT2D eigenvalue weighted by Gasteiger charge is -2.25. The van der Waals surface area contributed by atoms with Gasteiger partial charge in [-0.3, -0.25) is 14.0 Å². The largest absolute Gasteiger partial charge is 0.443 e. The first kappa shape index (κ1) is 26.7. The number of amides is 2. The lowest BCUT2D eigenvalue weighted by molar-refractivity contribution is 0.0589. The lowest BCUT2D eigenvalue weighted by atomic mass is 10.0. The normalized spacial score (nSPS) is 11.5. The molecule has 3 aromatic rings. The quantitative estimate of drug-likeness (QED) is 0.482. The maximum atomic E-state index is 12.8. The third-order valence-corrected chi connectivity index (χ3v) is 6.56. The van der Waals surface area contributed by atoms with E-state index in [0.29, 0.717) is 22.6 Å². The van der Waals surface area contributed by atoms with Gasteiger partial charge in [0.15, 0.2) is 0 Å². The second-order valence-electron chi connectivity index (χ2n) is 9.37. The Hall–Kier alpha value is -3.85. The summed E-state index contributed by atoms with van der Waals surface area (Å²) >= 11 is 0. The molecule has 0 fully saturated rings. The predicted octanol–water partition coefficient (Wildman–Crippen LogP) is 5.37. The Morgan fingerprint density at radius 1 is 0.861 bits per heavy atom. The minimum absolute atomic E-state index is 0.340. The van der Waals surface area contributed by atoms with Crippen LogP contribution in [0.15, 0.2) is 72.8 Å². The van der Waals surface area contributed by atoms with Crippen molar-refractivity contribution in [1.82, 2.24) is 0 Å². The molecule has 0 heterocycles. The first-order chi connectivity index (χ1) is 16.8. The van der Waals surface area contributed by atoms with Gasteiger partial charge < -0.3 is 10.1 Å². The molecule has 0 unspecified atom stereocenters. The molecule has 0 spiro atoms. The molecular formula is C27H31N3O5S. The molecule has 0 aliphatic heterocycles. The maximum absolute atomic E-state index is 12.8. The van der Waals surface area contributed by atoms with E-state index in [1.807, 2.05) is 18.2 Å². The smallest absolute Gasteiger partial charge is 0.414 e. The zero-order valence-corrected chi connectivity index (χ0v) is 22.1. The standard InChI is InChI=1S/C27H31N3O5S/c1-27(2,3)35-26(32)29(4)22-15-12-19(13-16-22)21-14-17-24(30(5)36(6,33)34)23(18-21)28-25(31)20-10-8-7-9-11-20/h7-18H,1-6H3,(H,28,31). The van der Waals surface area contributed by atoms with Crippen LogP contribution < -0.4 is 14.5 Å². The SMILES string of the molecule is CN(C(=O)OC(C)(C)C)c1ccc(-c2ccc(N(C)S(C)(=O)=O)c(NC(=O)c3ccccc3)c2)cc1. The van der Waals surface area contributed by atoms with Crippen LogP contribution >= 0.6 is 0 Å². The molecule has 1 N–H and O–H groups in total. The van der Waals surface area contributed by atoms with Crippen LogP contribution in [0.25, 0.3) is 11.1 Å². The second kappa shape index (κ2) is 10.4. The molecule has 9 heteroatoms. The van der Waals surface area contributed by atoms with Gasteiger partial charge in [-0.2, -0.15) is 0 Å². The summed E-state index contributed by atoms with van der Waals surface area (Å²) in [7, 11) is -0.491. The number of nitrogens with one attached hydrogen (secondary N) is 1. The van der Waals surface area contributed by atoms with Gasteiger partial charge in [-0.05, 0) is 68.3 Å². The second-order valence-corrected chi connectivity index (χ2v) is 11.4. The van der Waals surface area contributed by atoms with Crippen molar-refractivity contribution in [2.45, 2.75) is 26.4 Å². The number of hydrogen-bond donors (Lipinski definition) is 1. The van der Waals surface area contributed by atoms with Gasteiger partial charge >= 0.3 is 6.09 Å². The molecule has 36 heavy (non-hydrogen) atoms. The summed E-state index contributed by atoms with van der Waals surface area (Å²) in [5.74, 6) is -0.356. The van der Waals surface area contributed by atoms with Crippen molar-refractivity contribution in [3.05, 3.63) is 78.4 Å². The molecule has 0 aromatic heterocycles. The van der Waals surface area contributed by atoms with Crippen LogP contribution in [0.1, 0.15) is 31.1 Å². The highest BCUT2D eigenvalue weighted by Crippen LogP contribution is 2.33. The van der Waals surface area contributed by atoms with Crippen molar-refractivity contribution in [2.75, 3.05) is 34.9 Å². The summed E-state index contributed by atoms with van der Waals surface area (Å²) in [5.41, 5.74) is 2.77. The molecule has 8 nitrogen and oxygen atoms in total. The van der Waals surface area contributed by atoms with Gasteiger partial charge in [0.1, 0.15) is 5.60 Å². The highest BCUT2D eigenvalue weighted by Gasteiger charge is 2.21. The van der Waals surface area contributed by atoms with E-state index in [1.54, 1.807) is 82.4 Å². The Labute approximate surface area is 212 Å². The third-order valence-electron chi connectivity index (χ3n) is 5.37. The van der Waals surface area contributed by atoms with Gasteiger partial charge in [0.05, 0.1) is 17.6 Å². The van der Waals surface area contributed by atoms with E-state index in [0.717, 1.165) is 21.7 Å². The van der Waals surface area contributed by atoms with Crippen molar-refractivity contribution in [3.63, 3.8) is 0 Å². The van der Waals surface area contributed by atoms with Gasteiger partial charge in [0.25, 0.3) is 5.91 Å². The molecular weight excluding hydrogens is 478 g/mol. The summed E-state index contributed by atoms with van der Waals surface area (Å²) in [4.78, 5) is 26.6. The molecule has 2 amide bonds. The number of ether oxygens (including phenoxy) is 1. The summed E-state index contributed by atoms with van der Waals surface area (Å²) < 4.78 is 31.0. The summed E-state index contributed by atoms with van der Waals surface area (Å²) in [5, 5.41) is 2.84. The number of hydrogen-bond acceptors (Lipinski definition) is 5. The van der Waals surface area contributed by atoms with Crippen molar-refractivity contribution in [1.29, 1.82) is 0 Å². The Morgan fingerprint density at radius 3 is 2.00 bits per heavy atom. The Kier molecular flexibility index (Phi) is 7.74. The van der Waals surface area contributed by atoms with Gasteiger partial charge in [-0.15, -0.1) is 0 Å². The van der Waals surface area contributed by atoms with Crippen LogP contribution in [0.2, 0.25) is 0 Å². The number of sulfonamides is 1. The Balaban J connectivity index is 1.94. The minimum atomic E-state index is -3.56. The van der Waals surface area contributed by atoms with Crippen LogP contribution in [0, 0.1) is 0 Å². The highest BCUT2D eigenvalue weighted by molar-refractivity contribution is 7.92. The Bertz CT molecular complexity index is 1350. The zero-order valence-electron chi connectivity index (χ0n) is 21.3. The van der Waals surface area contributed by atoms with Gasteiger partial charge in [0, 0.05) is 25.3 Å². The number of benzene rings is 3. The molecule has 190 valence electrons. The van der Waals surface area contributed by atoms with Crippen LogP contribution in [0.3, 0.4) is 0 Å². The van der Waals surface area contributed by atoms with Crippen LogP contribution in [0.5, 0.6) is 0 Å². The number of anilines is 3. The molecule has 0 aliphatic carbocycles. The lowest BCUT2D eigenvalue weighted by Crippen LogP contribution is -2.34. The van der Waals surface area contributed by atoms with E-state index >= 15 is 0 Å². The third kappa shape index (κ3) is 6.63. The van der Waals surface area contributed by atoms with Crippen molar-refractivity contribution in [2.24, 2.45) is 0 Å². The zero-order chi connectivity index (χ0) is 26.7. The average molecular weight is 510 g/mol. The number of carbonyl (C=O) groups is 2. The van der Waals surface area contributed by atoms with E-state index in [-0.39, 0.29) is 5.91 Å². The van der Waals surface area contributed by atoms with Crippen LogP contribution in [0.4, 0.5) is 21.9 Å².